The molecule has 0 unspecified atom stereocenters. The van der Waals surface area contributed by atoms with E-state index < -0.39 is 10.9 Å². The Bertz CT molecular complexity index is 505. The average molecular weight is 247 g/mol. The number of rotatable bonds is 5. The van der Waals surface area contributed by atoms with Gasteiger partial charge in [-0.05, 0) is 18.6 Å². The number of carbonyl (C=O) groups is 1. The number of benzene rings is 1. The Morgan fingerprint density at radius 1 is 1.56 bits per heavy atom. The van der Waals surface area contributed by atoms with Crippen molar-refractivity contribution >= 4 is 17.7 Å². The first-order valence-electron chi connectivity index (χ1n) is 5.24. The lowest BCUT2D eigenvalue weighted by atomic mass is 10.2. The smallest absolute Gasteiger partial charge is 0.333 e. The van der Waals surface area contributed by atoms with E-state index in [1.807, 2.05) is 0 Å². The van der Waals surface area contributed by atoms with Gasteiger partial charge in [-0.25, -0.2) is 4.79 Å². The number of hydrogen-bond acceptors (Lipinski definition) is 4. The van der Waals surface area contributed by atoms with Gasteiger partial charge in [0.05, 0.1) is 4.92 Å². The lowest BCUT2D eigenvalue weighted by Gasteiger charge is -1.99. The molecule has 0 radical (unpaired) electrons. The van der Waals surface area contributed by atoms with E-state index in [0.717, 1.165) is 0 Å². The fourth-order valence-electron chi connectivity index (χ4n) is 1.17. The number of nitrogens with zero attached hydrogens (tertiary/aromatic N) is 1. The van der Waals surface area contributed by atoms with Crippen molar-refractivity contribution in [2.75, 3.05) is 6.61 Å². The molecule has 0 saturated heterocycles. The van der Waals surface area contributed by atoms with Gasteiger partial charge in [0.25, 0.3) is 5.69 Å². The van der Waals surface area contributed by atoms with Crippen molar-refractivity contribution < 1.29 is 14.5 Å². The zero-order chi connectivity index (χ0) is 13.5. The van der Waals surface area contributed by atoms with Crippen LogP contribution in [0, 0.1) is 10.1 Å². The largest absolute Gasteiger partial charge is 0.458 e. The topological polar surface area (TPSA) is 69.4 Å². The molecule has 1 aromatic carbocycles. The van der Waals surface area contributed by atoms with E-state index in [9.17, 15) is 14.9 Å². The molecular weight excluding hydrogens is 234 g/mol. The monoisotopic (exact) mass is 247 g/mol. The molecule has 0 spiro atoms. The second kappa shape index (κ2) is 6.34. The van der Waals surface area contributed by atoms with Crippen LogP contribution < -0.4 is 0 Å². The number of hydrogen-bond donors (Lipinski definition) is 0. The highest BCUT2D eigenvalue weighted by Gasteiger charge is 2.03. The number of nitro groups is 1. The third-order valence-electron chi connectivity index (χ3n) is 2.05. The van der Waals surface area contributed by atoms with Gasteiger partial charge in [-0.3, -0.25) is 10.1 Å². The molecule has 0 bridgehead atoms. The standard InChI is InChI=1S/C13H13NO4/c1-10(2)13(15)18-8-4-6-11-5-3-7-12(9-11)14(16)17/h3-7,9H,1,8H2,2H3/b6-4+. The Morgan fingerprint density at radius 3 is 2.89 bits per heavy atom. The van der Waals surface area contributed by atoms with Crippen molar-refractivity contribution in [2.45, 2.75) is 6.92 Å². The number of nitro benzene ring substituents is 1. The molecule has 0 aromatic heterocycles. The van der Waals surface area contributed by atoms with Crippen LogP contribution in [-0.2, 0) is 9.53 Å². The first-order valence-corrected chi connectivity index (χ1v) is 5.24. The van der Waals surface area contributed by atoms with Crippen LogP contribution in [0.2, 0.25) is 0 Å². The molecule has 18 heavy (non-hydrogen) atoms. The van der Waals surface area contributed by atoms with Gasteiger partial charge in [-0.15, -0.1) is 0 Å². The summed E-state index contributed by atoms with van der Waals surface area (Å²) < 4.78 is 4.84. The molecule has 0 heterocycles. The summed E-state index contributed by atoms with van der Waals surface area (Å²) in [5.74, 6) is -0.460. The van der Waals surface area contributed by atoms with Crippen molar-refractivity contribution in [1.29, 1.82) is 0 Å². The molecule has 0 aliphatic carbocycles. The third kappa shape index (κ3) is 4.21. The molecule has 1 aromatic rings. The maximum Gasteiger partial charge on any atom is 0.333 e. The number of ether oxygens (including phenoxy) is 1. The van der Waals surface area contributed by atoms with Crippen LogP contribution in [0.3, 0.4) is 0 Å². The summed E-state index contributed by atoms with van der Waals surface area (Å²) in [6.07, 6.45) is 3.26. The van der Waals surface area contributed by atoms with Crippen LogP contribution in [-0.4, -0.2) is 17.5 Å². The molecule has 0 aliphatic rings. The lowest BCUT2D eigenvalue weighted by molar-refractivity contribution is -0.384. The van der Waals surface area contributed by atoms with E-state index in [1.54, 1.807) is 31.2 Å². The van der Waals surface area contributed by atoms with Gasteiger partial charge in [-0.1, -0.05) is 24.8 Å². The van der Waals surface area contributed by atoms with E-state index in [1.165, 1.54) is 12.1 Å². The van der Waals surface area contributed by atoms with E-state index in [-0.39, 0.29) is 12.3 Å². The van der Waals surface area contributed by atoms with Gasteiger partial charge in [0.15, 0.2) is 0 Å². The van der Waals surface area contributed by atoms with Crippen LogP contribution in [0.25, 0.3) is 6.08 Å². The van der Waals surface area contributed by atoms with Crippen LogP contribution in [0.5, 0.6) is 0 Å². The molecule has 0 fully saturated rings. The molecule has 1 rings (SSSR count). The van der Waals surface area contributed by atoms with Crippen molar-refractivity contribution in [3.8, 4) is 0 Å². The highest BCUT2D eigenvalue weighted by atomic mass is 16.6. The first-order chi connectivity index (χ1) is 8.50. The van der Waals surface area contributed by atoms with Crippen molar-refractivity contribution in [2.24, 2.45) is 0 Å². The van der Waals surface area contributed by atoms with Gasteiger partial charge in [0.2, 0.25) is 0 Å². The van der Waals surface area contributed by atoms with Crippen molar-refractivity contribution in [3.05, 3.63) is 58.2 Å². The molecule has 0 amide bonds. The Labute approximate surface area is 105 Å². The number of carbonyl (C=O) groups excluding carboxylic acids is 1. The predicted molar refractivity (Wildman–Crippen MR) is 67.9 cm³/mol. The lowest BCUT2D eigenvalue weighted by Crippen LogP contribution is -2.04. The minimum absolute atomic E-state index is 0.0241. The summed E-state index contributed by atoms with van der Waals surface area (Å²) in [7, 11) is 0. The second-order valence-corrected chi connectivity index (χ2v) is 3.63. The zero-order valence-electron chi connectivity index (χ0n) is 9.96. The Balaban J connectivity index is 2.57. The minimum atomic E-state index is -0.460. The normalized spacial score (nSPS) is 10.3. The third-order valence-corrected chi connectivity index (χ3v) is 2.05. The summed E-state index contributed by atoms with van der Waals surface area (Å²) in [4.78, 5) is 21.1. The van der Waals surface area contributed by atoms with Gasteiger partial charge in [0, 0.05) is 17.7 Å². The Hall–Kier alpha value is -2.43. The number of esters is 1. The maximum atomic E-state index is 11.1. The van der Waals surface area contributed by atoms with E-state index in [0.29, 0.717) is 11.1 Å². The summed E-state index contributed by atoms with van der Waals surface area (Å²) in [5.41, 5.74) is 1.03. The van der Waals surface area contributed by atoms with E-state index in [4.69, 9.17) is 4.74 Å². The SMILES string of the molecule is C=C(C)C(=O)OC/C=C/c1cccc([N+](=O)[O-])c1. The van der Waals surface area contributed by atoms with Crippen LogP contribution >= 0.6 is 0 Å². The summed E-state index contributed by atoms with van der Waals surface area (Å²) in [6.45, 7) is 5.12. The molecule has 0 atom stereocenters. The summed E-state index contributed by atoms with van der Waals surface area (Å²) in [6, 6.07) is 6.18. The molecule has 0 aliphatic heterocycles. The van der Waals surface area contributed by atoms with Crippen molar-refractivity contribution in [3.63, 3.8) is 0 Å². The fraction of sp³-hybridized carbons (Fsp3) is 0.154. The fourth-order valence-corrected chi connectivity index (χ4v) is 1.17. The van der Waals surface area contributed by atoms with Gasteiger partial charge in [-0.2, -0.15) is 0 Å². The second-order valence-electron chi connectivity index (χ2n) is 3.63. The highest BCUT2D eigenvalue weighted by Crippen LogP contribution is 2.13. The minimum Gasteiger partial charge on any atom is -0.458 e. The van der Waals surface area contributed by atoms with E-state index >= 15 is 0 Å². The summed E-state index contributed by atoms with van der Waals surface area (Å²) in [5, 5.41) is 10.5. The van der Waals surface area contributed by atoms with Gasteiger partial charge >= 0.3 is 5.97 Å². The quantitative estimate of drug-likeness (QED) is 0.347. The van der Waals surface area contributed by atoms with Crippen LogP contribution in [0.15, 0.2) is 42.5 Å². The number of non-ortho nitro benzene ring substituents is 1. The molecule has 0 N–H and O–H groups in total. The highest BCUT2D eigenvalue weighted by molar-refractivity contribution is 5.87. The maximum absolute atomic E-state index is 11.1. The van der Waals surface area contributed by atoms with Crippen molar-refractivity contribution in [1.82, 2.24) is 0 Å². The predicted octanol–water partition coefficient (Wildman–Crippen LogP) is 2.73. The van der Waals surface area contributed by atoms with Gasteiger partial charge in [0.1, 0.15) is 6.61 Å². The summed E-state index contributed by atoms with van der Waals surface area (Å²) >= 11 is 0. The zero-order valence-corrected chi connectivity index (χ0v) is 9.96. The molecular formula is C13H13NO4. The molecule has 5 heteroatoms. The first kappa shape index (κ1) is 13.6. The van der Waals surface area contributed by atoms with E-state index in [2.05, 4.69) is 6.58 Å². The molecule has 0 saturated carbocycles. The van der Waals surface area contributed by atoms with Gasteiger partial charge < -0.3 is 4.74 Å². The molecule has 5 nitrogen and oxygen atoms in total. The average Bonchev–Trinajstić information content (AvgIpc) is 2.34. The van der Waals surface area contributed by atoms with Crippen LogP contribution in [0.4, 0.5) is 5.69 Å². The Morgan fingerprint density at radius 2 is 2.28 bits per heavy atom. The molecule has 94 valence electrons. The van der Waals surface area contributed by atoms with Crippen LogP contribution in [0.1, 0.15) is 12.5 Å². The Kier molecular flexibility index (Phi) is 4.80.